The Labute approximate surface area is 242 Å². The minimum Gasteiger partial charge on any atom is -0.481 e. The number of hydrogen-bond donors (Lipinski definition) is 3. The number of ether oxygens (including phenoxy) is 3. The topological polar surface area (TPSA) is 132 Å². The summed E-state index contributed by atoms with van der Waals surface area (Å²) >= 11 is 0. The molecule has 5 rings (SSSR count). The summed E-state index contributed by atoms with van der Waals surface area (Å²) in [6, 6.07) is 12.2. The molecule has 2 heterocycles. The number of carbonyl (C=O) groups is 2. The minimum absolute atomic E-state index is 0. The first-order chi connectivity index (χ1) is 18.7. The highest BCUT2D eigenvalue weighted by Crippen LogP contribution is 2.61. The van der Waals surface area contributed by atoms with Crippen LogP contribution in [0.5, 0.6) is 5.75 Å². The van der Waals surface area contributed by atoms with E-state index in [4.69, 9.17) is 19.9 Å². The number of aliphatic hydroxyl groups excluding tert-OH is 1. The molecular weight excluding hydrogens is 524 g/mol. The number of carbonyl (C=O) groups excluding carboxylic acids is 2. The van der Waals surface area contributed by atoms with Gasteiger partial charge in [-0.3, -0.25) is 4.79 Å². The number of nitrogens with zero attached hydrogens (tertiary/aromatic N) is 1. The van der Waals surface area contributed by atoms with Gasteiger partial charge in [-0.15, -0.1) is 0 Å². The quantitative estimate of drug-likeness (QED) is 0.428. The maximum Gasteiger partial charge on any atom is 0.357 e. The molecule has 0 aromatic heterocycles. The zero-order chi connectivity index (χ0) is 27.9. The monoisotopic (exact) mass is 568 g/mol. The summed E-state index contributed by atoms with van der Waals surface area (Å²) in [7, 11) is 1.98. The second-order valence-corrected chi connectivity index (χ2v) is 10.8. The van der Waals surface area contributed by atoms with E-state index >= 15 is 0 Å². The first-order valence-corrected chi connectivity index (χ1v) is 13.4. The molecule has 0 bridgehead atoms. The van der Waals surface area contributed by atoms with Gasteiger partial charge in [0.05, 0.1) is 24.0 Å². The van der Waals surface area contributed by atoms with E-state index in [1.807, 2.05) is 33.0 Å². The van der Waals surface area contributed by atoms with Gasteiger partial charge in [0.25, 0.3) is 0 Å². The van der Waals surface area contributed by atoms with E-state index < -0.39 is 35.2 Å². The number of nitrogens with two attached hydrogens (primary N) is 1. The molecule has 5 atom stereocenters. The second-order valence-electron chi connectivity index (χ2n) is 10.8. The normalized spacial score (nSPS) is 26.9. The van der Waals surface area contributed by atoms with Crippen molar-refractivity contribution in [3.8, 4) is 5.75 Å². The summed E-state index contributed by atoms with van der Waals surface area (Å²) < 4.78 is 18.0. The van der Waals surface area contributed by atoms with Crippen LogP contribution in [0.3, 0.4) is 0 Å². The first kappa shape index (κ1) is 32.3. The van der Waals surface area contributed by atoms with Crippen LogP contribution in [0.4, 0.5) is 0 Å². The number of benzene rings is 2. The van der Waals surface area contributed by atoms with Crippen molar-refractivity contribution in [2.75, 3.05) is 20.1 Å². The van der Waals surface area contributed by atoms with Gasteiger partial charge in [0.1, 0.15) is 11.5 Å². The van der Waals surface area contributed by atoms with Gasteiger partial charge in [-0.25, -0.2) is 4.79 Å². The molecule has 9 heteroatoms. The molecule has 3 aliphatic rings. The van der Waals surface area contributed by atoms with E-state index in [0.717, 1.165) is 11.1 Å². The van der Waals surface area contributed by atoms with Gasteiger partial charge in [-0.05, 0) is 45.5 Å². The molecule has 0 saturated carbocycles. The maximum absolute atomic E-state index is 13.6. The van der Waals surface area contributed by atoms with Crippen LogP contribution in [0, 0.1) is 6.92 Å². The summed E-state index contributed by atoms with van der Waals surface area (Å²) in [5.74, 6) is -0.589. The highest BCUT2D eigenvalue weighted by molar-refractivity contribution is 5.81. The summed E-state index contributed by atoms with van der Waals surface area (Å²) in [5.41, 5.74) is 6.24. The van der Waals surface area contributed by atoms with Crippen molar-refractivity contribution in [2.24, 2.45) is 5.73 Å². The van der Waals surface area contributed by atoms with E-state index in [1.165, 1.54) is 0 Å². The molecule has 1 fully saturated rings. The summed E-state index contributed by atoms with van der Waals surface area (Å²) in [6.07, 6.45) is 0.351. The van der Waals surface area contributed by atoms with Crippen molar-refractivity contribution in [3.63, 3.8) is 0 Å². The van der Waals surface area contributed by atoms with Gasteiger partial charge in [-0.1, -0.05) is 57.3 Å². The minimum atomic E-state index is -1.29. The van der Waals surface area contributed by atoms with E-state index in [-0.39, 0.29) is 52.6 Å². The lowest BCUT2D eigenvalue weighted by Gasteiger charge is -2.58. The lowest BCUT2D eigenvalue weighted by molar-refractivity contribution is -0.173. The average Bonchev–Trinajstić information content (AvgIpc) is 3.29. The lowest BCUT2D eigenvalue weighted by Crippen LogP contribution is -2.71. The number of likely N-dealkylation sites (N-methyl/N-ethyl adjacent to an activating group) is 1. The fraction of sp³-hybridized carbons (Fsp3) is 0.500. The Hall–Kier alpha value is -3.24. The predicted molar refractivity (Wildman–Crippen MR) is 156 cm³/mol. The molecule has 1 spiro atoms. The van der Waals surface area contributed by atoms with Crippen molar-refractivity contribution in [3.05, 3.63) is 76.6 Å². The van der Waals surface area contributed by atoms with Crippen LogP contribution in [-0.2, 0) is 31.1 Å². The van der Waals surface area contributed by atoms with E-state index in [9.17, 15) is 19.8 Å². The third-order valence-electron chi connectivity index (χ3n) is 8.74. The van der Waals surface area contributed by atoms with E-state index in [1.54, 1.807) is 36.4 Å². The molecule has 2 aromatic carbocycles. The number of aryl methyl sites for hydroxylation is 1. The molecule has 9 nitrogen and oxygen atoms in total. The second kappa shape index (κ2) is 12.3. The van der Waals surface area contributed by atoms with Gasteiger partial charge < -0.3 is 35.1 Å². The van der Waals surface area contributed by atoms with Crippen molar-refractivity contribution in [2.45, 2.75) is 83.8 Å². The Morgan fingerprint density at radius 1 is 1.20 bits per heavy atom. The number of fused-ring (bicyclic) bond motifs is 1. The first-order valence-electron chi connectivity index (χ1n) is 13.4. The van der Waals surface area contributed by atoms with Crippen molar-refractivity contribution in [1.29, 1.82) is 0 Å². The molecule has 1 aliphatic carbocycles. The summed E-state index contributed by atoms with van der Waals surface area (Å²) in [4.78, 5) is 28.1. The molecule has 1 saturated heterocycles. The number of esters is 2. The van der Waals surface area contributed by atoms with Gasteiger partial charge in [0.2, 0.25) is 6.10 Å². The van der Waals surface area contributed by atoms with Crippen LogP contribution < -0.4 is 10.5 Å². The van der Waals surface area contributed by atoms with Crippen LogP contribution >= 0.6 is 0 Å². The zero-order valence-corrected chi connectivity index (χ0v) is 22.6. The number of likely N-dealkylation sites (tertiary alicyclic amines) is 1. The van der Waals surface area contributed by atoms with Crippen LogP contribution in [0.15, 0.2) is 54.3 Å². The molecule has 41 heavy (non-hydrogen) atoms. The summed E-state index contributed by atoms with van der Waals surface area (Å²) in [5, 5.41) is 22.5. The molecule has 0 radical (unpaired) electrons. The number of rotatable bonds is 7. The standard InChI is InChI=1S/C30H36N2O7.2CH4/c1-18-9-10-21(17-33)25-24(18)29-14-16-32(3)19(2)30(29,36)13-11-22(27(29)39-25)37-28(35)26(38-23(34)12-15-31)20-7-5-4-6-8-20;;/h4-11,19,26-27,33,36H,12-17,31H2,1-3H3;2*1H4/t19-,26+,27+,29+,30-;;/m1../s1. The van der Waals surface area contributed by atoms with Gasteiger partial charge in [0, 0.05) is 35.7 Å². The molecule has 4 N–H and O–H groups in total. The number of aliphatic hydroxyl groups is 2. The molecule has 224 valence electrons. The Bertz CT molecular complexity index is 1300. The van der Waals surface area contributed by atoms with Gasteiger partial charge in [-0.2, -0.15) is 0 Å². The maximum atomic E-state index is 13.6. The van der Waals surface area contributed by atoms with Crippen LogP contribution in [0.1, 0.15) is 69.4 Å². The SMILES string of the molecule is C.C.Cc1ccc(CO)c2c1[C@]13CCN(C)[C@H](C)[C@]1(O)CC=C(OC(=O)[C@@H](OC(=O)CCN)c1ccccc1)[C@@H]3O2. The molecule has 0 unspecified atom stereocenters. The van der Waals surface area contributed by atoms with Gasteiger partial charge in [0.15, 0.2) is 6.10 Å². The number of hydrogen-bond acceptors (Lipinski definition) is 9. The molecular formula is C32H44N2O7. The average molecular weight is 569 g/mol. The molecule has 2 aliphatic heterocycles. The van der Waals surface area contributed by atoms with Crippen molar-refractivity contribution >= 4 is 11.9 Å². The predicted octanol–water partition coefficient (Wildman–Crippen LogP) is 3.68. The Morgan fingerprint density at radius 3 is 2.56 bits per heavy atom. The smallest absolute Gasteiger partial charge is 0.357 e. The van der Waals surface area contributed by atoms with Crippen molar-refractivity contribution < 1.29 is 34.0 Å². The van der Waals surface area contributed by atoms with Crippen LogP contribution in [-0.4, -0.2) is 64.9 Å². The fourth-order valence-corrected chi connectivity index (χ4v) is 6.56. The molecule has 2 aromatic rings. The van der Waals surface area contributed by atoms with Crippen molar-refractivity contribution in [1.82, 2.24) is 4.90 Å². The Morgan fingerprint density at radius 2 is 1.90 bits per heavy atom. The van der Waals surface area contributed by atoms with Crippen LogP contribution in [0.25, 0.3) is 0 Å². The lowest BCUT2D eigenvalue weighted by atomic mass is 9.54. The molecule has 0 amide bonds. The number of piperidine rings is 1. The Kier molecular flexibility index (Phi) is 9.70. The third-order valence-corrected chi connectivity index (χ3v) is 8.74. The van der Waals surface area contributed by atoms with E-state index in [2.05, 4.69) is 4.90 Å². The fourth-order valence-electron chi connectivity index (χ4n) is 6.56. The Balaban J connectivity index is 0.00000231. The largest absolute Gasteiger partial charge is 0.481 e. The highest BCUT2D eigenvalue weighted by Gasteiger charge is 2.69. The highest BCUT2D eigenvalue weighted by atomic mass is 16.6. The summed E-state index contributed by atoms with van der Waals surface area (Å²) in [6.45, 7) is 4.51. The zero-order valence-electron chi connectivity index (χ0n) is 22.6. The van der Waals surface area contributed by atoms with Crippen LogP contribution in [0.2, 0.25) is 0 Å². The van der Waals surface area contributed by atoms with Gasteiger partial charge >= 0.3 is 11.9 Å². The third kappa shape index (κ3) is 5.05. The van der Waals surface area contributed by atoms with E-state index in [0.29, 0.717) is 29.8 Å².